The molecular formula is C27H23BrN2O4. The Morgan fingerprint density at radius 1 is 0.971 bits per heavy atom. The van der Waals surface area contributed by atoms with Gasteiger partial charge in [0.1, 0.15) is 11.3 Å². The number of imide groups is 2. The Morgan fingerprint density at radius 2 is 1.74 bits per heavy atom. The summed E-state index contributed by atoms with van der Waals surface area (Å²) in [5.41, 5.74) is 4.73. The zero-order valence-electron chi connectivity index (χ0n) is 19.0. The molecule has 3 aromatic rings. The lowest BCUT2D eigenvalue weighted by Gasteiger charge is -2.28. The van der Waals surface area contributed by atoms with Crippen molar-refractivity contribution in [3.05, 3.63) is 98.5 Å². The van der Waals surface area contributed by atoms with E-state index in [4.69, 9.17) is 4.74 Å². The Hall–Kier alpha value is -3.71. The molecule has 34 heavy (non-hydrogen) atoms. The largest absolute Gasteiger partial charge is 0.496 e. The number of urea groups is 1. The molecule has 4 rings (SSSR count). The van der Waals surface area contributed by atoms with Crippen LogP contribution >= 0.6 is 15.9 Å². The van der Waals surface area contributed by atoms with Crippen LogP contribution in [-0.2, 0) is 16.0 Å². The van der Waals surface area contributed by atoms with Crippen molar-refractivity contribution in [2.24, 2.45) is 0 Å². The molecule has 0 spiro atoms. The zero-order valence-corrected chi connectivity index (χ0v) is 20.6. The average molecular weight is 519 g/mol. The molecule has 0 aliphatic carbocycles. The van der Waals surface area contributed by atoms with E-state index in [9.17, 15) is 14.4 Å². The number of carbonyl (C=O) groups is 3. The zero-order chi connectivity index (χ0) is 24.4. The monoisotopic (exact) mass is 518 g/mol. The summed E-state index contributed by atoms with van der Waals surface area (Å²) >= 11 is 3.57. The van der Waals surface area contributed by atoms with Gasteiger partial charge in [-0.2, -0.15) is 0 Å². The number of rotatable bonds is 5. The Bertz CT molecular complexity index is 1350. The first kappa shape index (κ1) is 23.4. The molecule has 4 amide bonds. The van der Waals surface area contributed by atoms with Crippen LogP contribution in [-0.4, -0.2) is 25.0 Å². The SMILES string of the molecule is COc1cc(/C=C2\C(=O)NC(=O)N(c3cccc(C)c3C)C2=O)ccc1Cc1ccccc1Br. The molecule has 1 aliphatic heterocycles. The number of barbiturate groups is 1. The summed E-state index contributed by atoms with van der Waals surface area (Å²) in [4.78, 5) is 39.4. The van der Waals surface area contributed by atoms with Gasteiger partial charge in [-0.15, -0.1) is 0 Å². The van der Waals surface area contributed by atoms with Crippen LogP contribution in [0.1, 0.15) is 27.8 Å². The molecule has 1 N–H and O–H groups in total. The van der Waals surface area contributed by atoms with Gasteiger partial charge in [-0.3, -0.25) is 14.9 Å². The van der Waals surface area contributed by atoms with Crippen molar-refractivity contribution in [1.29, 1.82) is 0 Å². The minimum Gasteiger partial charge on any atom is -0.496 e. The van der Waals surface area contributed by atoms with E-state index in [1.807, 2.05) is 56.3 Å². The van der Waals surface area contributed by atoms with Gasteiger partial charge >= 0.3 is 6.03 Å². The number of anilines is 1. The first-order valence-corrected chi connectivity index (χ1v) is 11.5. The van der Waals surface area contributed by atoms with Crippen LogP contribution in [0, 0.1) is 13.8 Å². The lowest BCUT2D eigenvalue weighted by molar-refractivity contribution is -0.122. The van der Waals surface area contributed by atoms with Gasteiger partial charge in [-0.25, -0.2) is 9.69 Å². The van der Waals surface area contributed by atoms with Gasteiger partial charge in [0.2, 0.25) is 0 Å². The summed E-state index contributed by atoms with van der Waals surface area (Å²) in [6.07, 6.45) is 2.13. The van der Waals surface area contributed by atoms with E-state index in [1.165, 1.54) is 6.08 Å². The van der Waals surface area contributed by atoms with Gasteiger partial charge in [-0.05, 0) is 65.9 Å². The summed E-state index contributed by atoms with van der Waals surface area (Å²) < 4.78 is 6.59. The quantitative estimate of drug-likeness (QED) is 0.365. The first-order chi connectivity index (χ1) is 16.3. The van der Waals surface area contributed by atoms with Crippen molar-refractivity contribution >= 4 is 45.5 Å². The van der Waals surface area contributed by atoms with E-state index >= 15 is 0 Å². The first-order valence-electron chi connectivity index (χ1n) is 10.7. The average Bonchev–Trinajstić information content (AvgIpc) is 2.81. The van der Waals surface area contributed by atoms with Crippen LogP contribution < -0.4 is 15.0 Å². The predicted octanol–water partition coefficient (Wildman–Crippen LogP) is 5.33. The topological polar surface area (TPSA) is 75.7 Å². The lowest BCUT2D eigenvalue weighted by Crippen LogP contribution is -2.54. The second kappa shape index (κ2) is 9.65. The molecule has 0 bridgehead atoms. The van der Waals surface area contributed by atoms with Crippen LogP contribution in [0.2, 0.25) is 0 Å². The van der Waals surface area contributed by atoms with Gasteiger partial charge < -0.3 is 4.74 Å². The molecule has 7 heteroatoms. The Kier molecular flexibility index (Phi) is 6.65. The Morgan fingerprint density at radius 3 is 2.47 bits per heavy atom. The lowest BCUT2D eigenvalue weighted by atomic mass is 10.00. The van der Waals surface area contributed by atoms with E-state index in [0.29, 0.717) is 23.4 Å². The molecule has 1 saturated heterocycles. The van der Waals surface area contributed by atoms with E-state index in [0.717, 1.165) is 31.6 Å². The fraction of sp³-hybridized carbons (Fsp3) is 0.148. The van der Waals surface area contributed by atoms with E-state index in [1.54, 1.807) is 25.3 Å². The molecular weight excluding hydrogens is 496 g/mol. The molecule has 172 valence electrons. The van der Waals surface area contributed by atoms with E-state index in [2.05, 4.69) is 21.2 Å². The smallest absolute Gasteiger partial charge is 0.335 e. The highest BCUT2D eigenvalue weighted by Crippen LogP contribution is 2.29. The number of aryl methyl sites for hydroxylation is 1. The van der Waals surface area contributed by atoms with Crippen molar-refractivity contribution in [1.82, 2.24) is 5.32 Å². The maximum absolute atomic E-state index is 13.3. The third-order valence-electron chi connectivity index (χ3n) is 5.88. The summed E-state index contributed by atoms with van der Waals surface area (Å²) in [5.74, 6) is -0.761. The molecule has 1 aliphatic rings. The van der Waals surface area contributed by atoms with Gasteiger partial charge in [0.05, 0.1) is 12.8 Å². The number of carbonyl (C=O) groups excluding carboxylic acids is 3. The maximum atomic E-state index is 13.3. The molecule has 6 nitrogen and oxygen atoms in total. The predicted molar refractivity (Wildman–Crippen MR) is 135 cm³/mol. The highest BCUT2D eigenvalue weighted by atomic mass is 79.9. The second-order valence-corrected chi connectivity index (χ2v) is 8.87. The Balaban J connectivity index is 1.69. The van der Waals surface area contributed by atoms with Crippen molar-refractivity contribution in [2.45, 2.75) is 20.3 Å². The Labute approximate surface area is 206 Å². The molecule has 0 aromatic heterocycles. The minimum absolute atomic E-state index is 0.124. The molecule has 1 fully saturated rings. The van der Waals surface area contributed by atoms with Crippen LogP contribution in [0.5, 0.6) is 5.75 Å². The molecule has 3 aromatic carbocycles. The summed E-state index contributed by atoms with van der Waals surface area (Å²) in [7, 11) is 1.58. The van der Waals surface area contributed by atoms with E-state index < -0.39 is 17.8 Å². The van der Waals surface area contributed by atoms with Crippen LogP contribution in [0.4, 0.5) is 10.5 Å². The number of hydrogen-bond acceptors (Lipinski definition) is 4. The fourth-order valence-corrected chi connectivity index (χ4v) is 4.29. The minimum atomic E-state index is -0.762. The molecule has 1 heterocycles. The number of benzene rings is 3. The maximum Gasteiger partial charge on any atom is 0.335 e. The van der Waals surface area contributed by atoms with E-state index in [-0.39, 0.29) is 5.57 Å². The third kappa shape index (κ3) is 4.52. The number of amides is 4. The third-order valence-corrected chi connectivity index (χ3v) is 6.65. The van der Waals surface area contributed by atoms with Crippen molar-refractivity contribution in [2.75, 3.05) is 12.0 Å². The van der Waals surface area contributed by atoms with Crippen molar-refractivity contribution in [3.63, 3.8) is 0 Å². The second-order valence-electron chi connectivity index (χ2n) is 8.02. The van der Waals surface area contributed by atoms with Gasteiger partial charge in [-0.1, -0.05) is 58.4 Å². The van der Waals surface area contributed by atoms with Crippen molar-refractivity contribution < 1.29 is 19.1 Å². The summed E-state index contributed by atoms with van der Waals surface area (Å²) in [6.45, 7) is 3.73. The van der Waals surface area contributed by atoms with Crippen LogP contribution in [0.15, 0.2) is 70.7 Å². The highest BCUT2D eigenvalue weighted by Gasteiger charge is 2.37. The molecule has 0 atom stereocenters. The van der Waals surface area contributed by atoms with Gasteiger partial charge in [0.15, 0.2) is 0 Å². The van der Waals surface area contributed by atoms with Gasteiger partial charge in [0.25, 0.3) is 11.8 Å². The number of nitrogens with one attached hydrogen (secondary N) is 1. The molecule has 0 unspecified atom stereocenters. The number of methoxy groups -OCH3 is 1. The summed E-state index contributed by atoms with van der Waals surface area (Å²) in [5, 5.41) is 2.28. The highest BCUT2D eigenvalue weighted by molar-refractivity contribution is 9.10. The number of nitrogens with zero attached hydrogens (tertiary/aromatic N) is 1. The number of hydrogen-bond donors (Lipinski definition) is 1. The molecule has 0 saturated carbocycles. The number of ether oxygens (including phenoxy) is 1. The number of halogens is 1. The van der Waals surface area contributed by atoms with Crippen LogP contribution in [0.3, 0.4) is 0 Å². The molecule has 0 radical (unpaired) electrons. The fourth-order valence-electron chi connectivity index (χ4n) is 3.86. The van der Waals surface area contributed by atoms with Crippen LogP contribution in [0.25, 0.3) is 6.08 Å². The van der Waals surface area contributed by atoms with Crippen molar-refractivity contribution in [3.8, 4) is 5.75 Å². The normalized spacial score (nSPS) is 15.0. The standard InChI is InChI=1S/C27H23BrN2O4/c1-16-7-6-10-23(17(16)2)30-26(32)21(25(31)29-27(30)33)13-18-11-12-20(24(14-18)34-3)15-19-8-4-5-9-22(19)28/h4-14H,15H2,1-3H3,(H,29,31,33)/b21-13+. The van der Waals surface area contributed by atoms with Gasteiger partial charge in [0, 0.05) is 10.9 Å². The summed E-state index contributed by atoms with van der Waals surface area (Å²) in [6, 6.07) is 18.0.